The standard InChI is InChI=1S/C16H19N3/c1-17-15(13-7-10-18-11-8-13)14-6-2-4-12-5-3-9-19-16(12)14/h3,5,7-11,14-15,17H,2,4,6H2,1H3. The van der Waals surface area contributed by atoms with Gasteiger partial charge in [0.2, 0.25) is 0 Å². The van der Waals surface area contributed by atoms with E-state index in [1.807, 2.05) is 31.7 Å². The SMILES string of the molecule is CNC(c1ccncc1)C1CCCc2cccnc21. The van der Waals surface area contributed by atoms with Crippen molar-refractivity contribution in [2.75, 3.05) is 7.05 Å². The van der Waals surface area contributed by atoms with Crippen LogP contribution in [0.1, 0.15) is 41.6 Å². The molecule has 0 spiro atoms. The molecule has 1 aliphatic carbocycles. The largest absolute Gasteiger partial charge is 0.312 e. The normalized spacial score (nSPS) is 19.7. The first-order valence-electron chi connectivity index (χ1n) is 6.91. The van der Waals surface area contributed by atoms with Gasteiger partial charge in [0.25, 0.3) is 0 Å². The first-order chi connectivity index (χ1) is 9.40. The zero-order chi connectivity index (χ0) is 13.1. The van der Waals surface area contributed by atoms with E-state index in [1.54, 1.807) is 0 Å². The Kier molecular flexibility index (Phi) is 3.56. The van der Waals surface area contributed by atoms with Crippen molar-refractivity contribution in [3.8, 4) is 0 Å². The fourth-order valence-electron chi connectivity index (χ4n) is 3.14. The molecule has 2 aromatic heterocycles. The maximum Gasteiger partial charge on any atom is 0.0485 e. The molecule has 2 aromatic rings. The van der Waals surface area contributed by atoms with E-state index in [0.717, 1.165) is 6.42 Å². The molecule has 2 heterocycles. The summed E-state index contributed by atoms with van der Waals surface area (Å²) in [6.07, 6.45) is 9.23. The molecule has 0 saturated carbocycles. The lowest BCUT2D eigenvalue weighted by Gasteiger charge is -2.31. The topological polar surface area (TPSA) is 37.8 Å². The minimum atomic E-state index is 0.317. The summed E-state index contributed by atoms with van der Waals surface area (Å²) >= 11 is 0. The van der Waals surface area contributed by atoms with Crippen LogP contribution in [-0.4, -0.2) is 17.0 Å². The molecule has 0 aromatic carbocycles. The lowest BCUT2D eigenvalue weighted by Crippen LogP contribution is -2.27. The minimum absolute atomic E-state index is 0.317. The Bertz CT molecular complexity index is 539. The van der Waals surface area contributed by atoms with Crippen molar-refractivity contribution in [1.29, 1.82) is 0 Å². The lowest BCUT2D eigenvalue weighted by molar-refractivity contribution is 0.415. The number of rotatable bonds is 3. The number of likely N-dealkylation sites (N-methyl/N-ethyl adjacent to an activating group) is 1. The van der Waals surface area contributed by atoms with Gasteiger partial charge in [0.1, 0.15) is 0 Å². The number of aromatic nitrogens is 2. The summed E-state index contributed by atoms with van der Waals surface area (Å²) in [5, 5.41) is 3.46. The smallest absolute Gasteiger partial charge is 0.0485 e. The van der Waals surface area contributed by atoms with Crippen LogP contribution in [0.4, 0.5) is 0 Å². The Morgan fingerprint density at radius 2 is 2.05 bits per heavy atom. The van der Waals surface area contributed by atoms with E-state index < -0.39 is 0 Å². The molecule has 3 heteroatoms. The first-order valence-corrected chi connectivity index (χ1v) is 6.91. The highest BCUT2D eigenvalue weighted by Gasteiger charge is 2.28. The summed E-state index contributed by atoms with van der Waals surface area (Å²) in [7, 11) is 2.03. The summed E-state index contributed by atoms with van der Waals surface area (Å²) in [6, 6.07) is 8.77. The average Bonchev–Trinajstić information content (AvgIpc) is 2.49. The van der Waals surface area contributed by atoms with Crippen LogP contribution in [0.3, 0.4) is 0 Å². The molecule has 0 saturated heterocycles. The van der Waals surface area contributed by atoms with Gasteiger partial charge in [0, 0.05) is 36.2 Å². The molecule has 3 nitrogen and oxygen atoms in total. The molecular formula is C16H19N3. The van der Waals surface area contributed by atoms with Crippen molar-refractivity contribution < 1.29 is 0 Å². The van der Waals surface area contributed by atoms with Crippen LogP contribution < -0.4 is 5.32 Å². The minimum Gasteiger partial charge on any atom is -0.312 e. The number of hydrogen-bond acceptors (Lipinski definition) is 3. The highest BCUT2D eigenvalue weighted by Crippen LogP contribution is 2.38. The maximum atomic E-state index is 4.64. The van der Waals surface area contributed by atoms with Crippen molar-refractivity contribution in [2.24, 2.45) is 0 Å². The van der Waals surface area contributed by atoms with Gasteiger partial charge >= 0.3 is 0 Å². The van der Waals surface area contributed by atoms with E-state index in [2.05, 4.69) is 33.5 Å². The Morgan fingerprint density at radius 3 is 2.84 bits per heavy atom. The predicted molar refractivity (Wildman–Crippen MR) is 76.0 cm³/mol. The molecular weight excluding hydrogens is 234 g/mol. The van der Waals surface area contributed by atoms with Crippen LogP contribution in [0, 0.1) is 0 Å². The van der Waals surface area contributed by atoms with Gasteiger partial charge in [-0.3, -0.25) is 9.97 Å². The van der Waals surface area contributed by atoms with E-state index in [-0.39, 0.29) is 0 Å². The van der Waals surface area contributed by atoms with Crippen LogP contribution in [-0.2, 0) is 6.42 Å². The molecule has 0 aliphatic heterocycles. The molecule has 0 bridgehead atoms. The summed E-state index contributed by atoms with van der Waals surface area (Å²) in [5.74, 6) is 0.456. The van der Waals surface area contributed by atoms with E-state index in [1.165, 1.54) is 29.7 Å². The van der Waals surface area contributed by atoms with E-state index in [9.17, 15) is 0 Å². The van der Waals surface area contributed by atoms with Gasteiger partial charge in [0.05, 0.1) is 0 Å². The highest BCUT2D eigenvalue weighted by molar-refractivity contribution is 5.30. The highest BCUT2D eigenvalue weighted by atomic mass is 14.9. The molecule has 19 heavy (non-hydrogen) atoms. The second kappa shape index (κ2) is 5.49. The van der Waals surface area contributed by atoms with Crippen LogP contribution in [0.5, 0.6) is 0 Å². The van der Waals surface area contributed by atoms with Crippen molar-refractivity contribution in [1.82, 2.24) is 15.3 Å². The first kappa shape index (κ1) is 12.3. The third-order valence-electron chi connectivity index (χ3n) is 4.02. The van der Waals surface area contributed by atoms with Crippen LogP contribution in [0.2, 0.25) is 0 Å². The summed E-state index contributed by atoms with van der Waals surface area (Å²) in [4.78, 5) is 8.75. The fourth-order valence-corrected chi connectivity index (χ4v) is 3.14. The van der Waals surface area contributed by atoms with Gasteiger partial charge in [-0.1, -0.05) is 6.07 Å². The van der Waals surface area contributed by atoms with Gasteiger partial charge in [0.15, 0.2) is 0 Å². The monoisotopic (exact) mass is 253 g/mol. The number of pyridine rings is 2. The fraction of sp³-hybridized carbons (Fsp3) is 0.375. The van der Waals surface area contributed by atoms with Crippen LogP contribution in [0.15, 0.2) is 42.9 Å². The Morgan fingerprint density at radius 1 is 1.21 bits per heavy atom. The molecule has 98 valence electrons. The number of aryl methyl sites for hydroxylation is 1. The second-order valence-corrected chi connectivity index (χ2v) is 5.09. The van der Waals surface area contributed by atoms with E-state index in [4.69, 9.17) is 0 Å². The molecule has 2 unspecified atom stereocenters. The number of nitrogens with zero attached hydrogens (tertiary/aromatic N) is 2. The quantitative estimate of drug-likeness (QED) is 0.914. The Hall–Kier alpha value is -1.74. The van der Waals surface area contributed by atoms with Crippen molar-refractivity contribution in [2.45, 2.75) is 31.2 Å². The van der Waals surface area contributed by atoms with Crippen molar-refractivity contribution in [3.05, 3.63) is 59.7 Å². The van der Waals surface area contributed by atoms with Gasteiger partial charge in [-0.05, 0) is 55.6 Å². The van der Waals surface area contributed by atoms with Gasteiger partial charge in [-0.2, -0.15) is 0 Å². The van der Waals surface area contributed by atoms with Gasteiger partial charge in [-0.15, -0.1) is 0 Å². The summed E-state index contributed by atoms with van der Waals surface area (Å²) < 4.78 is 0. The molecule has 0 amide bonds. The van der Waals surface area contributed by atoms with Gasteiger partial charge < -0.3 is 5.32 Å². The predicted octanol–water partition coefficient (Wildman–Crippen LogP) is 2.86. The zero-order valence-corrected chi connectivity index (χ0v) is 11.2. The third-order valence-corrected chi connectivity index (χ3v) is 4.02. The molecule has 1 N–H and O–H groups in total. The average molecular weight is 253 g/mol. The van der Waals surface area contributed by atoms with Gasteiger partial charge in [-0.25, -0.2) is 0 Å². The Labute approximate surface area is 114 Å². The maximum absolute atomic E-state index is 4.64. The molecule has 0 fully saturated rings. The van der Waals surface area contributed by atoms with Crippen molar-refractivity contribution in [3.63, 3.8) is 0 Å². The summed E-state index contributed by atoms with van der Waals surface area (Å²) in [5.41, 5.74) is 3.97. The molecule has 2 atom stereocenters. The van der Waals surface area contributed by atoms with Crippen LogP contribution in [0.25, 0.3) is 0 Å². The number of nitrogens with one attached hydrogen (secondary N) is 1. The lowest BCUT2D eigenvalue weighted by atomic mass is 9.80. The van der Waals surface area contributed by atoms with Crippen molar-refractivity contribution >= 4 is 0 Å². The Balaban J connectivity index is 1.97. The van der Waals surface area contributed by atoms with E-state index in [0.29, 0.717) is 12.0 Å². The number of fused-ring (bicyclic) bond motifs is 1. The zero-order valence-electron chi connectivity index (χ0n) is 11.2. The molecule has 3 rings (SSSR count). The van der Waals surface area contributed by atoms with Crippen LogP contribution >= 0.6 is 0 Å². The summed E-state index contributed by atoms with van der Waals surface area (Å²) in [6.45, 7) is 0. The molecule has 0 radical (unpaired) electrons. The number of hydrogen-bond donors (Lipinski definition) is 1. The van der Waals surface area contributed by atoms with E-state index >= 15 is 0 Å². The molecule has 1 aliphatic rings. The second-order valence-electron chi connectivity index (χ2n) is 5.09. The third kappa shape index (κ3) is 2.38.